The normalized spacial score (nSPS) is 10.4. The van der Waals surface area contributed by atoms with E-state index in [4.69, 9.17) is 0 Å². The number of nitrogens with zero attached hydrogens (tertiary/aromatic N) is 1. The van der Waals surface area contributed by atoms with E-state index in [2.05, 4.69) is 20.9 Å². The minimum Gasteiger partial charge on any atom is -0.506 e. The number of benzene rings is 1. The second-order valence-electron chi connectivity index (χ2n) is 2.48. The van der Waals surface area contributed by atoms with Gasteiger partial charge in [0, 0.05) is 10.8 Å². The predicted octanol–water partition coefficient (Wildman–Crippen LogP) is 2.70. The third kappa shape index (κ3) is 1.06. The van der Waals surface area contributed by atoms with Crippen LogP contribution in [0.25, 0.3) is 10.8 Å². The standard InChI is InChI=1S/C9H6BrNO/c10-9-7-4-2-1-3-6(7)8(12)5-11-9/h1-5,12H. The molecule has 60 valence electrons. The Balaban J connectivity index is 2.95. The van der Waals surface area contributed by atoms with E-state index >= 15 is 0 Å². The van der Waals surface area contributed by atoms with Gasteiger partial charge in [-0.05, 0) is 15.9 Å². The molecule has 0 aliphatic carbocycles. The minimum atomic E-state index is 0.216. The van der Waals surface area contributed by atoms with Gasteiger partial charge in [-0.3, -0.25) is 0 Å². The van der Waals surface area contributed by atoms with Crippen molar-refractivity contribution in [2.45, 2.75) is 0 Å². The average Bonchev–Trinajstić information content (AvgIpc) is 2.12. The molecular weight excluding hydrogens is 218 g/mol. The van der Waals surface area contributed by atoms with E-state index in [1.165, 1.54) is 6.20 Å². The zero-order valence-corrected chi connectivity index (χ0v) is 7.75. The Morgan fingerprint density at radius 2 is 1.83 bits per heavy atom. The van der Waals surface area contributed by atoms with Gasteiger partial charge in [0.15, 0.2) is 0 Å². The molecule has 0 bridgehead atoms. The van der Waals surface area contributed by atoms with E-state index in [0.717, 1.165) is 15.4 Å². The fourth-order valence-corrected chi connectivity index (χ4v) is 1.59. The van der Waals surface area contributed by atoms with Crippen LogP contribution in [0.4, 0.5) is 0 Å². The number of pyridine rings is 1. The lowest BCUT2D eigenvalue weighted by atomic mass is 10.2. The van der Waals surface area contributed by atoms with Crippen LogP contribution in [0.15, 0.2) is 35.1 Å². The molecule has 0 atom stereocenters. The topological polar surface area (TPSA) is 33.1 Å². The summed E-state index contributed by atoms with van der Waals surface area (Å²) in [7, 11) is 0. The highest BCUT2D eigenvalue weighted by molar-refractivity contribution is 9.10. The van der Waals surface area contributed by atoms with Crippen LogP contribution in [0.3, 0.4) is 0 Å². The molecule has 12 heavy (non-hydrogen) atoms. The third-order valence-corrected chi connectivity index (χ3v) is 2.36. The van der Waals surface area contributed by atoms with Crippen LogP contribution in [0, 0.1) is 0 Å². The predicted molar refractivity (Wildman–Crippen MR) is 51.1 cm³/mol. The Kier molecular flexibility index (Phi) is 1.73. The highest BCUT2D eigenvalue weighted by Gasteiger charge is 2.01. The second-order valence-corrected chi connectivity index (χ2v) is 3.23. The summed E-state index contributed by atoms with van der Waals surface area (Å²) < 4.78 is 0.760. The van der Waals surface area contributed by atoms with Gasteiger partial charge in [0.1, 0.15) is 10.4 Å². The van der Waals surface area contributed by atoms with E-state index in [9.17, 15) is 5.11 Å². The van der Waals surface area contributed by atoms with Gasteiger partial charge in [-0.2, -0.15) is 0 Å². The molecule has 0 aliphatic heterocycles. The molecule has 0 saturated carbocycles. The van der Waals surface area contributed by atoms with Crippen LogP contribution in [-0.2, 0) is 0 Å². The van der Waals surface area contributed by atoms with Crippen molar-refractivity contribution < 1.29 is 5.11 Å². The number of aromatic nitrogens is 1. The molecule has 2 aromatic rings. The molecule has 3 heteroatoms. The number of fused-ring (bicyclic) bond motifs is 1. The third-order valence-electron chi connectivity index (χ3n) is 1.73. The van der Waals surface area contributed by atoms with Gasteiger partial charge < -0.3 is 5.11 Å². The monoisotopic (exact) mass is 223 g/mol. The molecular formula is C9H6BrNO. The molecule has 1 N–H and O–H groups in total. The number of rotatable bonds is 0. The van der Waals surface area contributed by atoms with Gasteiger partial charge in [0.25, 0.3) is 0 Å². The van der Waals surface area contributed by atoms with Crippen molar-refractivity contribution in [3.63, 3.8) is 0 Å². The van der Waals surface area contributed by atoms with Crippen molar-refractivity contribution in [3.8, 4) is 5.75 Å². The van der Waals surface area contributed by atoms with Crippen LogP contribution >= 0.6 is 15.9 Å². The fraction of sp³-hybridized carbons (Fsp3) is 0. The first-order valence-corrected chi connectivity index (χ1v) is 4.30. The number of halogens is 1. The van der Waals surface area contributed by atoms with Crippen molar-refractivity contribution in [2.75, 3.05) is 0 Å². The van der Waals surface area contributed by atoms with Crippen molar-refractivity contribution in [3.05, 3.63) is 35.1 Å². The molecule has 2 nitrogen and oxygen atoms in total. The summed E-state index contributed by atoms with van der Waals surface area (Å²) >= 11 is 3.31. The number of hydrogen-bond acceptors (Lipinski definition) is 2. The van der Waals surface area contributed by atoms with Crippen LogP contribution in [0.1, 0.15) is 0 Å². The Morgan fingerprint density at radius 3 is 2.50 bits per heavy atom. The minimum absolute atomic E-state index is 0.216. The summed E-state index contributed by atoms with van der Waals surface area (Å²) in [6.07, 6.45) is 1.44. The van der Waals surface area contributed by atoms with Crippen molar-refractivity contribution >= 4 is 26.7 Å². The first-order valence-electron chi connectivity index (χ1n) is 3.51. The maximum atomic E-state index is 9.41. The summed E-state index contributed by atoms with van der Waals surface area (Å²) in [5.41, 5.74) is 0. The second kappa shape index (κ2) is 2.75. The maximum absolute atomic E-state index is 9.41. The average molecular weight is 224 g/mol. The maximum Gasteiger partial charge on any atom is 0.141 e. The molecule has 2 rings (SSSR count). The highest BCUT2D eigenvalue weighted by Crippen LogP contribution is 2.27. The Bertz CT molecular complexity index is 387. The summed E-state index contributed by atoms with van der Waals surface area (Å²) in [5, 5.41) is 11.2. The quantitative estimate of drug-likeness (QED) is 0.698. The molecule has 1 heterocycles. The Hall–Kier alpha value is -1.09. The number of aromatic hydroxyl groups is 1. The lowest BCUT2D eigenvalue weighted by Crippen LogP contribution is -1.79. The first-order chi connectivity index (χ1) is 5.79. The van der Waals surface area contributed by atoms with Gasteiger partial charge >= 0.3 is 0 Å². The summed E-state index contributed by atoms with van der Waals surface area (Å²) in [5.74, 6) is 0.216. The molecule has 1 aromatic heterocycles. The van der Waals surface area contributed by atoms with Crippen LogP contribution in [0.5, 0.6) is 5.75 Å². The van der Waals surface area contributed by atoms with Gasteiger partial charge in [-0.15, -0.1) is 0 Å². The molecule has 0 unspecified atom stereocenters. The van der Waals surface area contributed by atoms with E-state index in [1.54, 1.807) is 0 Å². The van der Waals surface area contributed by atoms with E-state index in [0.29, 0.717) is 0 Å². The lowest BCUT2D eigenvalue weighted by Gasteiger charge is -2.00. The van der Waals surface area contributed by atoms with E-state index in [1.807, 2.05) is 24.3 Å². The first kappa shape index (κ1) is 7.55. The zero-order valence-electron chi connectivity index (χ0n) is 6.16. The molecule has 0 aliphatic rings. The SMILES string of the molecule is Oc1cnc(Br)c2ccccc12. The van der Waals surface area contributed by atoms with E-state index < -0.39 is 0 Å². The van der Waals surface area contributed by atoms with Crippen LogP contribution in [0.2, 0.25) is 0 Å². The molecule has 0 spiro atoms. The Labute approximate surface area is 78.0 Å². The fourth-order valence-electron chi connectivity index (χ4n) is 1.14. The molecule has 0 amide bonds. The van der Waals surface area contributed by atoms with Crippen molar-refractivity contribution in [1.29, 1.82) is 0 Å². The van der Waals surface area contributed by atoms with Gasteiger partial charge in [-0.25, -0.2) is 4.98 Å². The van der Waals surface area contributed by atoms with Crippen molar-refractivity contribution in [2.24, 2.45) is 0 Å². The largest absolute Gasteiger partial charge is 0.506 e. The van der Waals surface area contributed by atoms with Crippen LogP contribution < -0.4 is 0 Å². The Morgan fingerprint density at radius 1 is 1.17 bits per heavy atom. The molecule has 1 aromatic carbocycles. The smallest absolute Gasteiger partial charge is 0.141 e. The highest BCUT2D eigenvalue weighted by atomic mass is 79.9. The van der Waals surface area contributed by atoms with Crippen LogP contribution in [-0.4, -0.2) is 10.1 Å². The molecule has 0 radical (unpaired) electrons. The zero-order chi connectivity index (χ0) is 8.55. The van der Waals surface area contributed by atoms with E-state index in [-0.39, 0.29) is 5.75 Å². The van der Waals surface area contributed by atoms with Gasteiger partial charge in [-0.1, -0.05) is 24.3 Å². The molecule has 0 saturated heterocycles. The summed E-state index contributed by atoms with van der Waals surface area (Å²) in [6, 6.07) is 7.56. The lowest BCUT2D eigenvalue weighted by molar-refractivity contribution is 0.479. The summed E-state index contributed by atoms with van der Waals surface area (Å²) in [6.45, 7) is 0. The van der Waals surface area contributed by atoms with Crippen molar-refractivity contribution in [1.82, 2.24) is 4.98 Å². The molecule has 0 fully saturated rings. The van der Waals surface area contributed by atoms with Gasteiger partial charge in [0.05, 0.1) is 6.20 Å². The number of hydrogen-bond donors (Lipinski definition) is 1. The summed E-state index contributed by atoms with van der Waals surface area (Å²) in [4.78, 5) is 3.97. The van der Waals surface area contributed by atoms with Gasteiger partial charge in [0.2, 0.25) is 0 Å².